The third kappa shape index (κ3) is 1.83. The monoisotopic (exact) mass is 267 g/mol. The Morgan fingerprint density at radius 2 is 2.10 bits per heavy atom. The Morgan fingerprint density at radius 3 is 2.80 bits per heavy atom. The number of aromatic nitrogens is 3. The Kier molecular flexibility index (Phi) is 2.76. The van der Waals surface area contributed by atoms with Gasteiger partial charge in [0, 0.05) is 17.8 Å². The van der Waals surface area contributed by atoms with Crippen LogP contribution in [0.15, 0.2) is 43.0 Å². The molecule has 0 atom stereocenters. The van der Waals surface area contributed by atoms with Gasteiger partial charge in [-0.2, -0.15) is 0 Å². The minimum atomic E-state index is -1.12. The van der Waals surface area contributed by atoms with Crippen LogP contribution in [0.1, 0.15) is 20.8 Å². The van der Waals surface area contributed by atoms with E-state index >= 15 is 0 Å². The zero-order valence-corrected chi connectivity index (χ0v) is 10.2. The van der Waals surface area contributed by atoms with Crippen LogP contribution in [0.3, 0.4) is 0 Å². The predicted octanol–water partition coefficient (Wildman–Crippen LogP) is 1.93. The summed E-state index contributed by atoms with van der Waals surface area (Å²) in [5.74, 6) is -1.12. The number of carboxylic acids is 1. The Bertz CT molecular complexity index is 823. The number of nitrogens with zero attached hydrogens (tertiary/aromatic N) is 3. The maximum Gasteiger partial charge on any atom is 0.356 e. The number of rotatable bonds is 3. The molecular weight excluding hydrogens is 258 g/mol. The first-order valence-electron chi connectivity index (χ1n) is 5.81. The Labute approximate surface area is 113 Å². The fourth-order valence-electron chi connectivity index (χ4n) is 2.06. The van der Waals surface area contributed by atoms with Crippen LogP contribution in [0.25, 0.3) is 16.6 Å². The minimum Gasteiger partial charge on any atom is -0.476 e. The van der Waals surface area contributed by atoms with E-state index in [1.807, 2.05) is 12.1 Å². The van der Waals surface area contributed by atoms with Gasteiger partial charge in [-0.15, -0.1) is 0 Å². The van der Waals surface area contributed by atoms with E-state index in [0.717, 1.165) is 5.39 Å². The summed E-state index contributed by atoms with van der Waals surface area (Å²) >= 11 is 0. The number of pyridine rings is 1. The summed E-state index contributed by atoms with van der Waals surface area (Å²) in [6.45, 7) is 0. The summed E-state index contributed by atoms with van der Waals surface area (Å²) < 4.78 is 1.50. The lowest BCUT2D eigenvalue weighted by Crippen LogP contribution is -1.99. The molecule has 6 heteroatoms. The first-order valence-corrected chi connectivity index (χ1v) is 5.81. The lowest BCUT2D eigenvalue weighted by Gasteiger charge is -2.08. The second-order valence-corrected chi connectivity index (χ2v) is 4.16. The molecule has 0 amide bonds. The fourth-order valence-corrected chi connectivity index (χ4v) is 2.06. The van der Waals surface area contributed by atoms with Crippen LogP contribution in [0.5, 0.6) is 0 Å². The molecule has 0 radical (unpaired) electrons. The molecule has 0 bridgehead atoms. The second kappa shape index (κ2) is 4.58. The van der Waals surface area contributed by atoms with Crippen molar-refractivity contribution in [3.63, 3.8) is 0 Å². The number of carbonyl (C=O) groups excluding carboxylic acids is 1. The molecule has 98 valence electrons. The topological polar surface area (TPSA) is 85.1 Å². The molecule has 0 aliphatic carbocycles. The highest BCUT2D eigenvalue weighted by Gasteiger charge is 2.12. The number of aromatic carboxylic acids is 1. The molecule has 1 N–H and O–H groups in total. The minimum absolute atomic E-state index is 0.0806. The molecular formula is C14H9N3O3. The molecule has 20 heavy (non-hydrogen) atoms. The number of hydrogen-bond donors (Lipinski definition) is 1. The van der Waals surface area contributed by atoms with Crippen molar-refractivity contribution in [1.29, 1.82) is 0 Å². The highest BCUT2D eigenvalue weighted by atomic mass is 16.4. The normalized spacial score (nSPS) is 10.6. The molecule has 3 rings (SSSR count). The van der Waals surface area contributed by atoms with E-state index in [2.05, 4.69) is 9.97 Å². The van der Waals surface area contributed by atoms with Gasteiger partial charge in [-0.3, -0.25) is 9.78 Å². The van der Waals surface area contributed by atoms with Crippen LogP contribution in [0.4, 0.5) is 0 Å². The molecule has 2 heterocycles. The van der Waals surface area contributed by atoms with Crippen molar-refractivity contribution in [2.75, 3.05) is 0 Å². The number of benzene rings is 1. The van der Waals surface area contributed by atoms with Gasteiger partial charge in [0.15, 0.2) is 12.0 Å². The summed E-state index contributed by atoms with van der Waals surface area (Å²) in [4.78, 5) is 30.2. The van der Waals surface area contributed by atoms with Crippen molar-refractivity contribution in [2.45, 2.75) is 0 Å². The van der Waals surface area contributed by atoms with Gasteiger partial charge in [-0.25, -0.2) is 9.78 Å². The van der Waals surface area contributed by atoms with E-state index in [4.69, 9.17) is 5.11 Å². The SMILES string of the molecule is O=Cc1c(-n2cnc(C(=O)O)c2)ccc2cccnc12. The van der Waals surface area contributed by atoms with E-state index in [0.29, 0.717) is 23.1 Å². The average molecular weight is 267 g/mol. The van der Waals surface area contributed by atoms with Crippen LogP contribution in [-0.2, 0) is 0 Å². The lowest BCUT2D eigenvalue weighted by molar-refractivity contribution is 0.0691. The molecule has 1 aromatic carbocycles. The molecule has 0 aliphatic rings. The highest BCUT2D eigenvalue weighted by Crippen LogP contribution is 2.22. The van der Waals surface area contributed by atoms with E-state index in [1.165, 1.54) is 17.1 Å². The highest BCUT2D eigenvalue weighted by molar-refractivity contribution is 5.99. The maximum absolute atomic E-state index is 11.4. The van der Waals surface area contributed by atoms with Crippen LogP contribution in [0.2, 0.25) is 0 Å². The van der Waals surface area contributed by atoms with Crippen molar-refractivity contribution >= 4 is 23.2 Å². The van der Waals surface area contributed by atoms with E-state index in [-0.39, 0.29) is 5.69 Å². The Balaban J connectivity index is 2.24. The number of fused-ring (bicyclic) bond motifs is 1. The molecule has 0 aliphatic heterocycles. The van der Waals surface area contributed by atoms with Crippen molar-refractivity contribution in [3.8, 4) is 5.69 Å². The summed E-state index contributed by atoms with van der Waals surface area (Å²) in [6, 6.07) is 7.21. The predicted molar refractivity (Wildman–Crippen MR) is 71.2 cm³/mol. The van der Waals surface area contributed by atoms with Crippen molar-refractivity contribution in [1.82, 2.24) is 14.5 Å². The van der Waals surface area contributed by atoms with Gasteiger partial charge in [0.2, 0.25) is 0 Å². The number of imidazole rings is 1. The molecule has 0 spiro atoms. The zero-order chi connectivity index (χ0) is 14.1. The van der Waals surface area contributed by atoms with Gasteiger partial charge < -0.3 is 9.67 Å². The lowest BCUT2D eigenvalue weighted by atomic mass is 10.1. The van der Waals surface area contributed by atoms with Gasteiger partial charge >= 0.3 is 5.97 Å². The second-order valence-electron chi connectivity index (χ2n) is 4.16. The average Bonchev–Trinajstić information content (AvgIpc) is 2.95. The molecule has 0 saturated carbocycles. The first kappa shape index (κ1) is 12.0. The smallest absolute Gasteiger partial charge is 0.356 e. The third-order valence-corrected chi connectivity index (χ3v) is 2.99. The van der Waals surface area contributed by atoms with Crippen molar-refractivity contribution < 1.29 is 14.7 Å². The Morgan fingerprint density at radius 1 is 1.25 bits per heavy atom. The Hall–Kier alpha value is -3.02. The maximum atomic E-state index is 11.4. The van der Waals surface area contributed by atoms with Gasteiger partial charge in [0.25, 0.3) is 0 Å². The number of hydrogen-bond acceptors (Lipinski definition) is 4. The number of aldehydes is 1. The van der Waals surface area contributed by atoms with Gasteiger partial charge in [0.1, 0.15) is 6.33 Å². The van der Waals surface area contributed by atoms with Crippen LogP contribution < -0.4 is 0 Å². The summed E-state index contributed by atoms with van der Waals surface area (Å²) in [7, 11) is 0. The fraction of sp³-hybridized carbons (Fsp3) is 0. The summed E-state index contributed by atoms with van der Waals surface area (Å²) in [6.07, 6.45) is 5.04. The molecule has 0 fully saturated rings. The van der Waals surface area contributed by atoms with Crippen LogP contribution >= 0.6 is 0 Å². The summed E-state index contributed by atoms with van der Waals surface area (Å²) in [5.41, 5.74) is 1.44. The van der Waals surface area contributed by atoms with E-state index < -0.39 is 5.97 Å². The van der Waals surface area contributed by atoms with Crippen LogP contribution in [-0.4, -0.2) is 31.9 Å². The van der Waals surface area contributed by atoms with Crippen LogP contribution in [0, 0.1) is 0 Å². The van der Waals surface area contributed by atoms with Crippen molar-refractivity contribution in [3.05, 3.63) is 54.2 Å². The molecule has 0 unspecified atom stereocenters. The largest absolute Gasteiger partial charge is 0.476 e. The standard InChI is InChI=1S/C14H9N3O3/c18-7-10-12(17-6-11(14(19)20)16-8-17)4-3-9-2-1-5-15-13(9)10/h1-8H,(H,19,20). The van der Waals surface area contributed by atoms with E-state index in [9.17, 15) is 9.59 Å². The third-order valence-electron chi connectivity index (χ3n) is 2.99. The first-order chi connectivity index (χ1) is 9.70. The number of carbonyl (C=O) groups is 2. The van der Waals surface area contributed by atoms with E-state index in [1.54, 1.807) is 18.3 Å². The molecule has 6 nitrogen and oxygen atoms in total. The zero-order valence-electron chi connectivity index (χ0n) is 10.2. The van der Waals surface area contributed by atoms with Gasteiger partial charge in [-0.05, 0) is 12.1 Å². The molecule has 0 saturated heterocycles. The quantitative estimate of drug-likeness (QED) is 0.733. The molecule has 2 aromatic heterocycles. The van der Waals surface area contributed by atoms with Gasteiger partial charge in [0.05, 0.1) is 16.8 Å². The summed E-state index contributed by atoms with van der Waals surface area (Å²) in [5, 5.41) is 9.73. The van der Waals surface area contributed by atoms with Gasteiger partial charge in [-0.1, -0.05) is 12.1 Å². The molecule has 3 aromatic rings. The number of carboxylic acid groups (broad SMARTS) is 1. The van der Waals surface area contributed by atoms with Crippen molar-refractivity contribution in [2.24, 2.45) is 0 Å².